The molecule has 0 saturated carbocycles. The molecule has 0 amide bonds. The summed E-state index contributed by atoms with van der Waals surface area (Å²) in [7, 11) is 3.36. The number of hydrogen-bond donors (Lipinski definition) is 1. The number of thioether (sulfide) groups is 1. The number of carbonyl (C=O) groups excluding carboxylic acids is 1. The number of nitrogens with one attached hydrogen (secondary N) is 1. The van der Waals surface area contributed by atoms with E-state index in [9.17, 15) is 4.79 Å². The van der Waals surface area contributed by atoms with Gasteiger partial charge >= 0.3 is 5.97 Å². The third kappa shape index (κ3) is 4.35. The van der Waals surface area contributed by atoms with Crippen molar-refractivity contribution in [2.45, 2.75) is 19.9 Å². The molecule has 0 fully saturated rings. The summed E-state index contributed by atoms with van der Waals surface area (Å²) >= 11 is 1.59. The molecule has 0 aliphatic carbocycles. The van der Waals surface area contributed by atoms with Crippen molar-refractivity contribution < 1.29 is 9.53 Å². The van der Waals surface area contributed by atoms with E-state index in [0.717, 1.165) is 5.75 Å². The van der Waals surface area contributed by atoms with Crippen molar-refractivity contribution >= 4 is 17.7 Å². The molecule has 0 bridgehead atoms. The van der Waals surface area contributed by atoms with E-state index >= 15 is 0 Å². The second-order valence-electron chi connectivity index (χ2n) is 4.28. The molecule has 1 atom stereocenters. The minimum absolute atomic E-state index is 0.171. The zero-order valence-electron chi connectivity index (χ0n) is 11.4. The molecule has 0 spiro atoms. The maximum Gasteiger partial charge on any atom is 0.315 e. The van der Waals surface area contributed by atoms with E-state index in [2.05, 4.69) is 42.1 Å². The number of hydrogen-bond acceptors (Lipinski definition) is 4. The summed E-state index contributed by atoms with van der Waals surface area (Å²) < 4.78 is 4.63. The van der Waals surface area contributed by atoms with E-state index in [1.807, 2.05) is 7.05 Å². The maximum atomic E-state index is 11.1. The van der Waals surface area contributed by atoms with Crippen LogP contribution in [0.2, 0.25) is 0 Å². The van der Waals surface area contributed by atoms with Crippen LogP contribution in [0, 0.1) is 13.8 Å². The first-order valence-electron chi connectivity index (χ1n) is 5.97. The average Bonchev–Trinajstić information content (AvgIpc) is 2.38. The molecule has 0 aliphatic rings. The minimum Gasteiger partial charge on any atom is -0.468 e. The first-order chi connectivity index (χ1) is 8.58. The molecule has 18 heavy (non-hydrogen) atoms. The van der Waals surface area contributed by atoms with Gasteiger partial charge in [0.05, 0.1) is 12.9 Å². The molecule has 0 saturated heterocycles. The number of ether oxygens (including phenoxy) is 1. The highest BCUT2D eigenvalue weighted by Gasteiger charge is 2.11. The van der Waals surface area contributed by atoms with Crippen molar-refractivity contribution in [2.75, 3.05) is 25.7 Å². The van der Waals surface area contributed by atoms with E-state index in [4.69, 9.17) is 0 Å². The van der Waals surface area contributed by atoms with Crippen LogP contribution in [0.5, 0.6) is 0 Å². The van der Waals surface area contributed by atoms with Gasteiger partial charge in [-0.15, -0.1) is 11.8 Å². The summed E-state index contributed by atoms with van der Waals surface area (Å²) in [5.74, 6) is 1.09. The van der Waals surface area contributed by atoms with Crippen LogP contribution in [-0.4, -0.2) is 31.6 Å². The van der Waals surface area contributed by atoms with Crippen molar-refractivity contribution in [1.82, 2.24) is 5.32 Å². The highest BCUT2D eigenvalue weighted by Crippen LogP contribution is 2.20. The van der Waals surface area contributed by atoms with E-state index in [1.54, 1.807) is 11.8 Å². The standard InChI is InChI=1S/C14H21NO2S/c1-10-5-6-12(7-11(10)2)13(15-3)8-18-9-14(16)17-4/h5-7,13,15H,8-9H2,1-4H3. The summed E-state index contributed by atoms with van der Waals surface area (Å²) in [5, 5.41) is 3.28. The van der Waals surface area contributed by atoms with E-state index in [0.29, 0.717) is 5.75 Å². The normalized spacial score (nSPS) is 12.2. The maximum absolute atomic E-state index is 11.1. The smallest absolute Gasteiger partial charge is 0.315 e. The van der Waals surface area contributed by atoms with Crippen LogP contribution < -0.4 is 5.32 Å². The Bertz CT molecular complexity index is 407. The van der Waals surface area contributed by atoms with Gasteiger partial charge in [-0.25, -0.2) is 0 Å². The van der Waals surface area contributed by atoms with Crippen molar-refractivity contribution in [3.05, 3.63) is 34.9 Å². The molecule has 1 aromatic rings. The quantitative estimate of drug-likeness (QED) is 0.804. The Kier molecular flexibility index (Phi) is 6.22. The van der Waals surface area contributed by atoms with Crippen molar-refractivity contribution in [3.8, 4) is 0 Å². The number of esters is 1. The SMILES string of the molecule is CNC(CSCC(=O)OC)c1ccc(C)c(C)c1. The van der Waals surface area contributed by atoms with Crippen LogP contribution in [0.25, 0.3) is 0 Å². The topological polar surface area (TPSA) is 38.3 Å². The molecule has 4 heteroatoms. The molecule has 0 radical (unpaired) electrons. The zero-order chi connectivity index (χ0) is 13.5. The second-order valence-corrected chi connectivity index (χ2v) is 5.31. The van der Waals surface area contributed by atoms with Crippen molar-refractivity contribution in [2.24, 2.45) is 0 Å². The second kappa shape index (κ2) is 7.44. The van der Waals surface area contributed by atoms with Gasteiger partial charge in [0.15, 0.2) is 0 Å². The van der Waals surface area contributed by atoms with Gasteiger partial charge < -0.3 is 10.1 Å². The minimum atomic E-state index is -0.171. The Morgan fingerprint density at radius 1 is 1.39 bits per heavy atom. The first kappa shape index (κ1) is 15.1. The van der Waals surface area contributed by atoms with Crippen molar-refractivity contribution in [1.29, 1.82) is 0 Å². The molecule has 0 heterocycles. The number of methoxy groups -OCH3 is 1. The van der Waals surface area contributed by atoms with Crippen LogP contribution in [0.4, 0.5) is 0 Å². The molecular weight excluding hydrogens is 246 g/mol. The first-order valence-corrected chi connectivity index (χ1v) is 7.13. The van der Waals surface area contributed by atoms with Crippen LogP contribution in [0.1, 0.15) is 22.7 Å². The molecular formula is C14H21NO2S. The summed E-state index contributed by atoms with van der Waals surface area (Å²) in [6, 6.07) is 6.75. The molecule has 1 rings (SSSR count). The molecule has 1 N–H and O–H groups in total. The van der Waals surface area contributed by atoms with Gasteiger partial charge in [-0.05, 0) is 37.6 Å². The predicted octanol–water partition coefficient (Wildman–Crippen LogP) is 2.47. The third-order valence-corrected chi connectivity index (χ3v) is 4.02. The Morgan fingerprint density at radius 2 is 2.11 bits per heavy atom. The van der Waals surface area contributed by atoms with Crippen LogP contribution in [-0.2, 0) is 9.53 Å². The number of rotatable bonds is 6. The van der Waals surface area contributed by atoms with Gasteiger partial charge in [0.1, 0.15) is 0 Å². The van der Waals surface area contributed by atoms with Gasteiger partial charge in [-0.1, -0.05) is 18.2 Å². The summed E-state index contributed by atoms with van der Waals surface area (Å²) in [4.78, 5) is 11.1. The van der Waals surface area contributed by atoms with Gasteiger partial charge in [-0.2, -0.15) is 0 Å². The van der Waals surface area contributed by atoms with Gasteiger partial charge in [0.25, 0.3) is 0 Å². The zero-order valence-corrected chi connectivity index (χ0v) is 12.3. The molecule has 100 valence electrons. The van der Waals surface area contributed by atoms with E-state index in [1.165, 1.54) is 23.8 Å². The van der Waals surface area contributed by atoms with Gasteiger partial charge in [-0.3, -0.25) is 4.79 Å². The van der Waals surface area contributed by atoms with E-state index in [-0.39, 0.29) is 12.0 Å². The molecule has 0 aliphatic heterocycles. The highest BCUT2D eigenvalue weighted by atomic mass is 32.2. The fourth-order valence-electron chi connectivity index (χ4n) is 1.65. The van der Waals surface area contributed by atoms with Gasteiger partial charge in [0.2, 0.25) is 0 Å². The van der Waals surface area contributed by atoms with Crippen LogP contribution in [0.15, 0.2) is 18.2 Å². The Hall–Kier alpha value is -1.00. The fraction of sp³-hybridized carbons (Fsp3) is 0.500. The average molecular weight is 267 g/mol. The lowest BCUT2D eigenvalue weighted by Gasteiger charge is -2.17. The lowest BCUT2D eigenvalue weighted by atomic mass is 10.0. The number of carbonyl (C=O) groups is 1. The molecule has 0 aromatic heterocycles. The molecule has 1 unspecified atom stereocenters. The lowest BCUT2D eigenvalue weighted by Crippen LogP contribution is -2.20. The van der Waals surface area contributed by atoms with Crippen molar-refractivity contribution in [3.63, 3.8) is 0 Å². The van der Waals surface area contributed by atoms with Gasteiger partial charge in [0, 0.05) is 11.8 Å². The Balaban J connectivity index is 2.60. The number of benzene rings is 1. The largest absolute Gasteiger partial charge is 0.468 e. The highest BCUT2D eigenvalue weighted by molar-refractivity contribution is 7.99. The van der Waals surface area contributed by atoms with E-state index < -0.39 is 0 Å². The summed E-state index contributed by atoms with van der Waals surface area (Å²) in [5.41, 5.74) is 3.86. The Labute approximate surface area is 113 Å². The lowest BCUT2D eigenvalue weighted by molar-refractivity contribution is -0.137. The van der Waals surface area contributed by atoms with Crippen LogP contribution >= 0.6 is 11.8 Å². The fourth-order valence-corrected chi connectivity index (χ4v) is 2.64. The Morgan fingerprint density at radius 3 is 2.67 bits per heavy atom. The number of aryl methyl sites for hydroxylation is 2. The van der Waals surface area contributed by atoms with Crippen LogP contribution in [0.3, 0.4) is 0 Å². The predicted molar refractivity (Wildman–Crippen MR) is 77.1 cm³/mol. The monoisotopic (exact) mass is 267 g/mol. The third-order valence-electron chi connectivity index (χ3n) is 3.01. The summed E-state index contributed by atoms with van der Waals surface area (Å²) in [6.07, 6.45) is 0. The summed E-state index contributed by atoms with van der Waals surface area (Å²) in [6.45, 7) is 4.23. The molecule has 1 aromatic carbocycles. The molecule has 3 nitrogen and oxygen atoms in total.